The number of ether oxygens (including phenoxy) is 2. The van der Waals surface area contributed by atoms with Crippen LogP contribution in [-0.4, -0.2) is 26.4 Å². The maximum absolute atomic E-state index is 12.1. The molecular weight excluding hydrogens is 307 g/mol. The molecule has 1 N–H and O–H groups in total. The Morgan fingerprint density at radius 3 is 2.33 bits per heavy atom. The van der Waals surface area contributed by atoms with Crippen LogP contribution >= 0.6 is 11.6 Å². The van der Waals surface area contributed by atoms with Gasteiger partial charge in [-0.2, -0.15) is 13.2 Å². The average molecular weight is 326 g/mol. The summed E-state index contributed by atoms with van der Waals surface area (Å²) in [6, 6.07) is 3.14. The molecule has 1 atom stereocenters. The van der Waals surface area contributed by atoms with E-state index in [1.54, 1.807) is 12.1 Å². The fraction of sp³-hybridized carbons (Fsp3) is 0.571. The topological polar surface area (TPSA) is 30.5 Å². The SMILES string of the molecule is COc1cc(NC(C)CCCC(F)(F)F)c(OC)cc1Cl. The molecule has 0 aromatic heterocycles. The summed E-state index contributed by atoms with van der Waals surface area (Å²) in [6.07, 6.45) is -4.42. The molecule has 0 aliphatic rings. The van der Waals surface area contributed by atoms with Crippen molar-refractivity contribution in [2.24, 2.45) is 0 Å². The molecule has 0 bridgehead atoms. The van der Waals surface area contributed by atoms with Crippen molar-refractivity contribution >= 4 is 17.3 Å². The summed E-state index contributed by atoms with van der Waals surface area (Å²) in [5.41, 5.74) is 0.637. The van der Waals surface area contributed by atoms with Crippen molar-refractivity contribution in [3.05, 3.63) is 17.2 Å². The molecule has 7 heteroatoms. The number of rotatable bonds is 7. The Labute approximate surface area is 127 Å². The van der Waals surface area contributed by atoms with Gasteiger partial charge in [0.2, 0.25) is 0 Å². The molecule has 0 saturated heterocycles. The molecule has 1 aromatic carbocycles. The predicted octanol–water partition coefficient (Wildman–Crippen LogP) is 4.89. The fourth-order valence-corrected chi connectivity index (χ4v) is 2.15. The molecule has 0 aliphatic heterocycles. The first-order valence-electron chi connectivity index (χ1n) is 6.51. The molecule has 0 fully saturated rings. The monoisotopic (exact) mass is 325 g/mol. The molecule has 0 saturated carbocycles. The van der Waals surface area contributed by atoms with Gasteiger partial charge < -0.3 is 14.8 Å². The zero-order valence-electron chi connectivity index (χ0n) is 12.2. The van der Waals surface area contributed by atoms with E-state index in [0.717, 1.165) is 0 Å². The van der Waals surface area contributed by atoms with Gasteiger partial charge in [0.15, 0.2) is 0 Å². The second-order valence-corrected chi connectivity index (χ2v) is 5.15. The van der Waals surface area contributed by atoms with Gasteiger partial charge in [-0.25, -0.2) is 0 Å². The lowest BCUT2D eigenvalue weighted by Crippen LogP contribution is -2.17. The van der Waals surface area contributed by atoms with E-state index in [0.29, 0.717) is 28.6 Å². The number of alkyl halides is 3. The van der Waals surface area contributed by atoms with Crippen LogP contribution in [-0.2, 0) is 0 Å². The first-order chi connectivity index (χ1) is 9.76. The van der Waals surface area contributed by atoms with E-state index < -0.39 is 12.6 Å². The highest BCUT2D eigenvalue weighted by Gasteiger charge is 2.26. The minimum Gasteiger partial charge on any atom is -0.495 e. The molecule has 1 rings (SSSR count). The van der Waals surface area contributed by atoms with Crippen LogP contribution in [0.4, 0.5) is 18.9 Å². The normalized spacial score (nSPS) is 12.9. The number of methoxy groups -OCH3 is 2. The van der Waals surface area contributed by atoms with Gasteiger partial charge in [-0.05, 0) is 19.8 Å². The third-order valence-electron chi connectivity index (χ3n) is 2.97. The quantitative estimate of drug-likeness (QED) is 0.774. The van der Waals surface area contributed by atoms with Crippen LogP contribution in [0.2, 0.25) is 5.02 Å². The van der Waals surface area contributed by atoms with Gasteiger partial charge in [0.05, 0.1) is 24.9 Å². The molecule has 21 heavy (non-hydrogen) atoms. The number of hydrogen-bond donors (Lipinski definition) is 1. The van der Waals surface area contributed by atoms with Crippen molar-refractivity contribution in [2.45, 2.75) is 38.4 Å². The smallest absolute Gasteiger partial charge is 0.389 e. The molecule has 1 unspecified atom stereocenters. The minimum absolute atomic E-state index is 0.0741. The second kappa shape index (κ2) is 7.64. The van der Waals surface area contributed by atoms with Gasteiger partial charge in [0.25, 0.3) is 0 Å². The van der Waals surface area contributed by atoms with Crippen molar-refractivity contribution in [2.75, 3.05) is 19.5 Å². The van der Waals surface area contributed by atoms with Crippen LogP contribution in [0.5, 0.6) is 11.5 Å². The van der Waals surface area contributed by atoms with E-state index in [4.69, 9.17) is 21.1 Å². The summed E-state index contributed by atoms with van der Waals surface area (Å²) in [7, 11) is 2.99. The van der Waals surface area contributed by atoms with Crippen molar-refractivity contribution in [1.29, 1.82) is 0 Å². The molecule has 0 amide bonds. The van der Waals surface area contributed by atoms with Crippen molar-refractivity contribution in [1.82, 2.24) is 0 Å². The second-order valence-electron chi connectivity index (χ2n) is 4.74. The number of anilines is 1. The van der Waals surface area contributed by atoms with Crippen LogP contribution in [0, 0.1) is 0 Å². The summed E-state index contributed by atoms with van der Waals surface area (Å²) >= 11 is 5.99. The fourth-order valence-electron chi connectivity index (χ4n) is 1.92. The summed E-state index contributed by atoms with van der Waals surface area (Å²) in [6.45, 7) is 1.82. The zero-order valence-corrected chi connectivity index (χ0v) is 12.9. The van der Waals surface area contributed by atoms with Crippen molar-refractivity contribution in [3.63, 3.8) is 0 Å². The standard InChI is InChI=1S/C14H19ClF3NO2/c1-9(5-4-6-14(16,17)18)19-11-8-12(20-2)10(15)7-13(11)21-3/h7-9,19H,4-6H2,1-3H3. The first-order valence-corrected chi connectivity index (χ1v) is 6.89. The lowest BCUT2D eigenvalue weighted by atomic mass is 10.1. The number of benzene rings is 1. The Hall–Kier alpha value is -1.30. The van der Waals surface area contributed by atoms with Gasteiger partial charge in [-0.1, -0.05) is 11.6 Å². The van der Waals surface area contributed by atoms with Crippen LogP contribution in [0.25, 0.3) is 0 Å². The lowest BCUT2D eigenvalue weighted by Gasteiger charge is -2.19. The Kier molecular flexibility index (Phi) is 6.45. The van der Waals surface area contributed by atoms with Crippen LogP contribution in [0.15, 0.2) is 12.1 Å². The highest BCUT2D eigenvalue weighted by molar-refractivity contribution is 6.32. The van der Waals surface area contributed by atoms with Crippen LogP contribution < -0.4 is 14.8 Å². The maximum Gasteiger partial charge on any atom is 0.389 e. The van der Waals surface area contributed by atoms with Crippen molar-refractivity contribution in [3.8, 4) is 11.5 Å². The average Bonchev–Trinajstić information content (AvgIpc) is 2.38. The maximum atomic E-state index is 12.1. The predicted molar refractivity (Wildman–Crippen MR) is 77.5 cm³/mol. The van der Waals surface area contributed by atoms with Gasteiger partial charge >= 0.3 is 6.18 Å². The van der Waals surface area contributed by atoms with E-state index in [-0.39, 0.29) is 12.5 Å². The van der Waals surface area contributed by atoms with E-state index in [1.807, 2.05) is 6.92 Å². The Morgan fingerprint density at radius 2 is 1.81 bits per heavy atom. The highest BCUT2D eigenvalue weighted by atomic mass is 35.5. The third-order valence-corrected chi connectivity index (χ3v) is 3.27. The minimum atomic E-state index is -4.11. The van der Waals surface area contributed by atoms with E-state index in [2.05, 4.69) is 5.32 Å². The Balaban J connectivity index is 2.68. The third kappa shape index (κ3) is 5.91. The van der Waals surface area contributed by atoms with Gasteiger partial charge in [-0.3, -0.25) is 0 Å². The summed E-state index contributed by atoms with van der Waals surface area (Å²) in [4.78, 5) is 0. The Bertz CT molecular complexity index is 466. The lowest BCUT2D eigenvalue weighted by molar-refractivity contribution is -0.135. The van der Waals surface area contributed by atoms with E-state index in [1.165, 1.54) is 14.2 Å². The van der Waals surface area contributed by atoms with Gasteiger partial charge in [0, 0.05) is 24.6 Å². The van der Waals surface area contributed by atoms with Gasteiger partial charge in [0.1, 0.15) is 11.5 Å². The Morgan fingerprint density at radius 1 is 1.19 bits per heavy atom. The molecule has 0 heterocycles. The summed E-state index contributed by atoms with van der Waals surface area (Å²) < 4.78 is 46.7. The highest BCUT2D eigenvalue weighted by Crippen LogP contribution is 2.36. The number of hydrogen-bond acceptors (Lipinski definition) is 3. The molecule has 1 aromatic rings. The van der Waals surface area contributed by atoms with E-state index in [9.17, 15) is 13.2 Å². The largest absolute Gasteiger partial charge is 0.495 e. The number of halogens is 4. The van der Waals surface area contributed by atoms with Crippen molar-refractivity contribution < 1.29 is 22.6 Å². The zero-order chi connectivity index (χ0) is 16.0. The van der Waals surface area contributed by atoms with E-state index >= 15 is 0 Å². The molecule has 120 valence electrons. The number of nitrogens with one attached hydrogen (secondary N) is 1. The molecular formula is C14H19ClF3NO2. The molecule has 0 spiro atoms. The summed E-state index contributed by atoms with van der Waals surface area (Å²) in [5, 5.41) is 3.53. The summed E-state index contributed by atoms with van der Waals surface area (Å²) in [5.74, 6) is 0.992. The molecule has 0 radical (unpaired) electrons. The molecule has 0 aliphatic carbocycles. The van der Waals surface area contributed by atoms with Crippen LogP contribution in [0.3, 0.4) is 0 Å². The van der Waals surface area contributed by atoms with Crippen LogP contribution in [0.1, 0.15) is 26.2 Å². The molecule has 3 nitrogen and oxygen atoms in total. The first kappa shape index (κ1) is 17.8. The van der Waals surface area contributed by atoms with Gasteiger partial charge in [-0.15, -0.1) is 0 Å².